The highest BCUT2D eigenvalue weighted by atomic mass is 32.2. The maximum atomic E-state index is 12.9. The molecule has 1 aromatic rings. The van der Waals surface area contributed by atoms with Gasteiger partial charge in [0.05, 0.1) is 24.7 Å². The van der Waals surface area contributed by atoms with E-state index < -0.39 is 16.0 Å². The van der Waals surface area contributed by atoms with Crippen LogP contribution < -0.4 is 4.74 Å². The SMILES string of the molecule is CCOC(=O)CN(CCOC)C(=O)C1CCN(S(=O)(=O)c2ccc(OCC)cc2)CC1. The van der Waals surface area contributed by atoms with Crippen LogP contribution in [-0.4, -0.2) is 82.6 Å². The first-order valence-corrected chi connectivity index (χ1v) is 11.9. The van der Waals surface area contributed by atoms with Crippen LogP contribution in [0.1, 0.15) is 26.7 Å². The van der Waals surface area contributed by atoms with Gasteiger partial charge >= 0.3 is 5.97 Å². The van der Waals surface area contributed by atoms with Crippen molar-refractivity contribution in [3.63, 3.8) is 0 Å². The minimum Gasteiger partial charge on any atom is -0.494 e. The Labute approximate surface area is 184 Å². The van der Waals surface area contributed by atoms with Crippen molar-refractivity contribution in [2.24, 2.45) is 5.92 Å². The quantitative estimate of drug-likeness (QED) is 0.465. The number of piperidine rings is 1. The molecule has 0 bridgehead atoms. The molecule has 1 aliphatic heterocycles. The van der Waals surface area contributed by atoms with Gasteiger partial charge in [0.25, 0.3) is 0 Å². The van der Waals surface area contributed by atoms with Gasteiger partial charge in [-0.1, -0.05) is 0 Å². The van der Waals surface area contributed by atoms with Crippen LogP contribution in [-0.2, 0) is 29.1 Å². The number of nitrogens with zero attached hydrogens (tertiary/aromatic N) is 2. The van der Waals surface area contributed by atoms with E-state index in [1.54, 1.807) is 19.1 Å². The van der Waals surface area contributed by atoms with Crippen LogP contribution >= 0.6 is 0 Å². The Kier molecular flexibility index (Phi) is 9.73. The minimum absolute atomic E-state index is 0.138. The molecule has 0 radical (unpaired) electrons. The smallest absolute Gasteiger partial charge is 0.325 e. The number of carbonyl (C=O) groups is 2. The van der Waals surface area contributed by atoms with Gasteiger partial charge in [0.1, 0.15) is 12.3 Å². The molecule has 9 nitrogen and oxygen atoms in total. The van der Waals surface area contributed by atoms with Gasteiger partial charge in [-0.15, -0.1) is 0 Å². The lowest BCUT2D eigenvalue weighted by Crippen LogP contribution is -2.46. The van der Waals surface area contributed by atoms with Crippen LogP contribution in [0.2, 0.25) is 0 Å². The van der Waals surface area contributed by atoms with Gasteiger partial charge in [-0.3, -0.25) is 9.59 Å². The predicted octanol–water partition coefficient (Wildman–Crippen LogP) is 1.52. The van der Waals surface area contributed by atoms with E-state index in [1.807, 2.05) is 6.92 Å². The predicted molar refractivity (Wildman–Crippen MR) is 114 cm³/mol. The van der Waals surface area contributed by atoms with Crippen LogP contribution in [0.25, 0.3) is 0 Å². The number of carbonyl (C=O) groups excluding carboxylic acids is 2. The summed E-state index contributed by atoms with van der Waals surface area (Å²) in [6, 6.07) is 6.33. The van der Waals surface area contributed by atoms with Crippen molar-refractivity contribution in [1.82, 2.24) is 9.21 Å². The molecule has 1 aromatic carbocycles. The summed E-state index contributed by atoms with van der Waals surface area (Å²) in [5.41, 5.74) is 0. The highest BCUT2D eigenvalue weighted by Crippen LogP contribution is 2.26. The van der Waals surface area contributed by atoms with E-state index in [2.05, 4.69) is 0 Å². The fourth-order valence-corrected chi connectivity index (χ4v) is 4.93. The van der Waals surface area contributed by atoms with Gasteiger partial charge in [0.2, 0.25) is 15.9 Å². The average molecular weight is 457 g/mol. The third kappa shape index (κ3) is 6.91. The molecule has 1 heterocycles. The minimum atomic E-state index is -3.64. The topological polar surface area (TPSA) is 102 Å². The second-order valence-electron chi connectivity index (χ2n) is 7.14. The van der Waals surface area contributed by atoms with Gasteiger partial charge in [0.15, 0.2) is 0 Å². The first-order chi connectivity index (χ1) is 14.8. The summed E-state index contributed by atoms with van der Waals surface area (Å²) in [5, 5.41) is 0. The van der Waals surface area contributed by atoms with E-state index in [0.29, 0.717) is 31.8 Å². The summed E-state index contributed by atoms with van der Waals surface area (Å²) in [4.78, 5) is 26.4. The van der Waals surface area contributed by atoms with Gasteiger partial charge in [-0.05, 0) is 51.0 Å². The molecule has 174 valence electrons. The van der Waals surface area contributed by atoms with Crippen molar-refractivity contribution < 1.29 is 32.2 Å². The van der Waals surface area contributed by atoms with Crippen molar-refractivity contribution in [3.8, 4) is 5.75 Å². The normalized spacial score (nSPS) is 15.5. The van der Waals surface area contributed by atoms with Crippen molar-refractivity contribution >= 4 is 21.9 Å². The molecule has 0 saturated carbocycles. The molecule has 0 aromatic heterocycles. The molecule has 0 spiro atoms. The van der Waals surface area contributed by atoms with Crippen molar-refractivity contribution in [2.45, 2.75) is 31.6 Å². The first-order valence-electron chi connectivity index (χ1n) is 10.5. The third-order valence-corrected chi connectivity index (χ3v) is 6.99. The van der Waals surface area contributed by atoms with E-state index in [-0.39, 0.29) is 49.5 Å². The maximum Gasteiger partial charge on any atom is 0.325 e. The Balaban J connectivity index is 2.00. The molecule has 1 fully saturated rings. The molecular formula is C21H32N2O7S. The summed E-state index contributed by atoms with van der Waals surface area (Å²) in [6.07, 6.45) is 0.781. The Morgan fingerprint density at radius 2 is 1.74 bits per heavy atom. The van der Waals surface area contributed by atoms with Crippen LogP contribution in [0.4, 0.5) is 0 Å². The molecule has 0 unspecified atom stereocenters. The largest absolute Gasteiger partial charge is 0.494 e. The Morgan fingerprint density at radius 1 is 1.10 bits per heavy atom. The lowest BCUT2D eigenvalue weighted by atomic mass is 9.96. The molecule has 10 heteroatoms. The second kappa shape index (κ2) is 12.0. The Hall–Kier alpha value is -2.17. The average Bonchev–Trinajstić information content (AvgIpc) is 2.77. The number of amides is 1. The molecule has 2 rings (SSSR count). The van der Waals surface area contributed by atoms with Crippen LogP contribution in [0.15, 0.2) is 29.2 Å². The number of hydrogen-bond acceptors (Lipinski definition) is 7. The van der Waals surface area contributed by atoms with Crippen molar-refractivity contribution in [2.75, 3.05) is 53.1 Å². The van der Waals surface area contributed by atoms with Gasteiger partial charge in [-0.25, -0.2) is 8.42 Å². The van der Waals surface area contributed by atoms with E-state index in [1.165, 1.54) is 28.4 Å². The van der Waals surface area contributed by atoms with Crippen LogP contribution in [0.3, 0.4) is 0 Å². The van der Waals surface area contributed by atoms with Crippen molar-refractivity contribution in [1.29, 1.82) is 0 Å². The molecule has 1 aliphatic rings. The van der Waals surface area contributed by atoms with E-state index in [9.17, 15) is 18.0 Å². The summed E-state index contributed by atoms with van der Waals surface area (Å²) in [7, 11) is -2.12. The van der Waals surface area contributed by atoms with Crippen LogP contribution in [0.5, 0.6) is 5.75 Å². The number of rotatable bonds is 11. The fourth-order valence-electron chi connectivity index (χ4n) is 3.46. The third-order valence-electron chi connectivity index (χ3n) is 5.08. The summed E-state index contributed by atoms with van der Waals surface area (Å²) in [6.45, 7) is 5.24. The summed E-state index contributed by atoms with van der Waals surface area (Å²) < 4.78 is 42.6. The molecular weight excluding hydrogens is 424 g/mol. The number of hydrogen-bond donors (Lipinski definition) is 0. The number of benzene rings is 1. The molecule has 1 amide bonds. The molecule has 31 heavy (non-hydrogen) atoms. The molecule has 0 N–H and O–H groups in total. The van der Waals surface area contributed by atoms with E-state index in [0.717, 1.165) is 0 Å². The fraction of sp³-hybridized carbons (Fsp3) is 0.619. The number of ether oxygens (including phenoxy) is 3. The monoisotopic (exact) mass is 456 g/mol. The van der Waals surface area contributed by atoms with E-state index >= 15 is 0 Å². The van der Waals surface area contributed by atoms with E-state index in [4.69, 9.17) is 14.2 Å². The Bertz CT molecular complexity index is 819. The first kappa shape index (κ1) is 25.1. The zero-order chi connectivity index (χ0) is 22.9. The lowest BCUT2D eigenvalue weighted by molar-refractivity contribution is -0.151. The Morgan fingerprint density at radius 3 is 2.29 bits per heavy atom. The molecule has 0 aliphatic carbocycles. The van der Waals surface area contributed by atoms with Gasteiger partial charge in [0, 0.05) is 32.7 Å². The molecule has 0 atom stereocenters. The second-order valence-corrected chi connectivity index (χ2v) is 9.08. The number of methoxy groups -OCH3 is 1. The standard InChI is InChI=1S/C21H32N2O7S/c1-4-29-18-6-8-19(9-7-18)31(26,27)23-12-10-17(11-13-23)21(25)22(14-15-28-3)16-20(24)30-5-2/h6-9,17H,4-5,10-16H2,1-3H3. The van der Waals surface area contributed by atoms with Gasteiger partial charge < -0.3 is 19.1 Å². The zero-order valence-corrected chi connectivity index (χ0v) is 19.2. The van der Waals surface area contributed by atoms with Gasteiger partial charge in [-0.2, -0.15) is 4.31 Å². The maximum absolute atomic E-state index is 12.9. The highest BCUT2D eigenvalue weighted by molar-refractivity contribution is 7.89. The lowest BCUT2D eigenvalue weighted by Gasteiger charge is -2.33. The zero-order valence-electron chi connectivity index (χ0n) is 18.4. The highest BCUT2D eigenvalue weighted by Gasteiger charge is 2.34. The van der Waals surface area contributed by atoms with Crippen LogP contribution in [0, 0.1) is 5.92 Å². The number of sulfonamides is 1. The summed E-state index contributed by atoms with van der Waals surface area (Å²) >= 11 is 0. The molecule has 1 saturated heterocycles. The summed E-state index contributed by atoms with van der Waals surface area (Å²) in [5.74, 6) is -0.382. The van der Waals surface area contributed by atoms with Crippen molar-refractivity contribution in [3.05, 3.63) is 24.3 Å². The number of esters is 1.